The molecule has 1 heterocycles. The zero-order chi connectivity index (χ0) is 17.5. The van der Waals surface area contributed by atoms with E-state index in [-0.39, 0.29) is 29.8 Å². The van der Waals surface area contributed by atoms with E-state index in [4.69, 9.17) is 21.1 Å². The second-order valence-corrected chi connectivity index (χ2v) is 5.89. The minimum absolute atomic E-state index is 0.0845. The van der Waals surface area contributed by atoms with Gasteiger partial charge in [-0.2, -0.15) is 0 Å². The molecule has 1 N–H and O–H groups in total. The maximum atomic E-state index is 14.2. The van der Waals surface area contributed by atoms with Crippen molar-refractivity contribution in [3.05, 3.63) is 41.2 Å². The predicted molar refractivity (Wildman–Crippen MR) is 90.9 cm³/mol. The summed E-state index contributed by atoms with van der Waals surface area (Å²) in [5.74, 6) is -0.262. The van der Waals surface area contributed by atoms with Crippen LogP contribution in [0.2, 0.25) is 5.02 Å². The average Bonchev–Trinajstić information content (AvgIpc) is 2.58. The number of carbonyl (C=O) groups excluding carboxylic acids is 1. The van der Waals surface area contributed by atoms with Gasteiger partial charge in [-0.3, -0.25) is 0 Å². The van der Waals surface area contributed by atoms with Gasteiger partial charge in [0.15, 0.2) is 0 Å². The second-order valence-electron chi connectivity index (χ2n) is 5.48. The largest absolute Gasteiger partial charge is 0.489 e. The fourth-order valence-corrected chi connectivity index (χ4v) is 2.79. The second kappa shape index (κ2) is 8.89. The summed E-state index contributed by atoms with van der Waals surface area (Å²) in [6, 6.07) is 2.80. The van der Waals surface area contributed by atoms with E-state index in [1.165, 1.54) is 12.1 Å². The van der Waals surface area contributed by atoms with Crippen LogP contribution in [0.3, 0.4) is 0 Å². The smallest absolute Gasteiger partial charge is 0.410 e. The Morgan fingerprint density at radius 3 is 3.04 bits per heavy atom. The van der Waals surface area contributed by atoms with Crippen molar-refractivity contribution in [2.75, 3.05) is 26.2 Å². The first-order chi connectivity index (χ1) is 11.6. The topological polar surface area (TPSA) is 50.8 Å². The molecule has 7 heteroatoms. The van der Waals surface area contributed by atoms with Crippen molar-refractivity contribution >= 4 is 17.7 Å². The van der Waals surface area contributed by atoms with Gasteiger partial charge in [0.1, 0.15) is 24.8 Å². The Labute approximate surface area is 146 Å². The van der Waals surface area contributed by atoms with E-state index in [1.807, 2.05) is 6.92 Å². The molecule has 5 nitrogen and oxygen atoms in total. The van der Waals surface area contributed by atoms with Gasteiger partial charge >= 0.3 is 6.09 Å². The van der Waals surface area contributed by atoms with Crippen LogP contribution in [0.4, 0.5) is 9.18 Å². The Morgan fingerprint density at radius 1 is 1.58 bits per heavy atom. The van der Waals surface area contributed by atoms with Crippen LogP contribution >= 0.6 is 11.6 Å². The molecule has 1 amide bonds. The quantitative estimate of drug-likeness (QED) is 0.794. The number of rotatable bonds is 6. The Hall–Kier alpha value is -1.79. The number of hydrogen-bond donors (Lipinski definition) is 1. The number of nitrogens with zero attached hydrogens (tertiary/aromatic N) is 1. The van der Waals surface area contributed by atoms with Crippen molar-refractivity contribution in [2.45, 2.75) is 26.0 Å². The molecule has 0 aliphatic carbocycles. The van der Waals surface area contributed by atoms with Crippen LogP contribution in [0, 0.1) is 5.82 Å². The normalized spacial score (nSPS) is 17.5. The van der Waals surface area contributed by atoms with E-state index in [2.05, 4.69) is 11.9 Å². The summed E-state index contributed by atoms with van der Waals surface area (Å²) in [6.45, 7) is 7.60. The maximum Gasteiger partial charge on any atom is 0.410 e. The summed E-state index contributed by atoms with van der Waals surface area (Å²) in [7, 11) is 0. The van der Waals surface area contributed by atoms with E-state index in [0.717, 1.165) is 19.5 Å². The molecular weight excluding hydrogens is 335 g/mol. The monoisotopic (exact) mass is 356 g/mol. The molecule has 1 atom stereocenters. The first-order valence-corrected chi connectivity index (χ1v) is 8.30. The number of hydrogen-bond acceptors (Lipinski definition) is 4. The van der Waals surface area contributed by atoms with Crippen LogP contribution < -0.4 is 10.1 Å². The Bertz CT molecular complexity index is 574. The van der Waals surface area contributed by atoms with E-state index >= 15 is 0 Å². The SMILES string of the molecule is C=CCOc1cc(F)c(COC(=O)N2CCNC[C@H]2CC)c(Cl)c1. The molecule has 1 fully saturated rings. The lowest BCUT2D eigenvalue weighted by molar-refractivity contribution is 0.0707. The molecular formula is C17H22ClFN2O3. The number of ether oxygens (including phenoxy) is 2. The van der Waals surface area contributed by atoms with E-state index in [9.17, 15) is 9.18 Å². The number of carbonyl (C=O) groups is 1. The molecule has 1 aromatic rings. The molecule has 0 radical (unpaired) electrons. The van der Waals surface area contributed by atoms with Gasteiger partial charge in [-0.05, 0) is 12.5 Å². The van der Waals surface area contributed by atoms with Gasteiger partial charge in [0.2, 0.25) is 0 Å². The molecule has 132 valence electrons. The van der Waals surface area contributed by atoms with Crippen molar-refractivity contribution in [3.8, 4) is 5.75 Å². The van der Waals surface area contributed by atoms with Gasteiger partial charge in [0.05, 0.1) is 5.02 Å². The Morgan fingerprint density at radius 2 is 2.38 bits per heavy atom. The van der Waals surface area contributed by atoms with Crippen LogP contribution in [0.15, 0.2) is 24.8 Å². The lowest BCUT2D eigenvalue weighted by atomic mass is 10.1. The predicted octanol–water partition coefficient (Wildman–Crippen LogP) is 3.36. The molecule has 1 aliphatic heterocycles. The van der Waals surface area contributed by atoms with Gasteiger partial charge in [0, 0.05) is 37.3 Å². The molecule has 0 saturated carbocycles. The highest BCUT2D eigenvalue weighted by Gasteiger charge is 2.26. The summed E-state index contributed by atoms with van der Waals surface area (Å²) >= 11 is 6.08. The first kappa shape index (κ1) is 18.5. The third kappa shape index (κ3) is 4.61. The summed E-state index contributed by atoms with van der Waals surface area (Å²) < 4.78 is 24.7. The standard InChI is InChI=1S/C17H22ClFN2O3/c1-3-7-23-13-8-15(18)14(16(19)9-13)11-24-17(22)21-6-5-20-10-12(21)4-2/h3,8-9,12,20H,1,4-7,10-11H2,2H3/t12-/m1/s1. The van der Waals surface area contributed by atoms with Crippen molar-refractivity contribution in [3.63, 3.8) is 0 Å². The minimum Gasteiger partial charge on any atom is -0.489 e. The Balaban J connectivity index is 2.00. The van der Waals surface area contributed by atoms with Gasteiger partial charge in [-0.15, -0.1) is 0 Å². The van der Waals surface area contributed by atoms with E-state index in [1.54, 1.807) is 11.0 Å². The minimum atomic E-state index is -0.568. The van der Waals surface area contributed by atoms with Gasteiger partial charge in [-0.25, -0.2) is 9.18 Å². The van der Waals surface area contributed by atoms with E-state index < -0.39 is 11.9 Å². The molecule has 0 bridgehead atoms. The fraction of sp³-hybridized carbons (Fsp3) is 0.471. The first-order valence-electron chi connectivity index (χ1n) is 7.92. The molecule has 0 unspecified atom stereocenters. The lowest BCUT2D eigenvalue weighted by Crippen LogP contribution is -2.53. The molecule has 1 aliphatic rings. The van der Waals surface area contributed by atoms with Crippen LogP contribution in [0.1, 0.15) is 18.9 Å². The fourth-order valence-electron chi connectivity index (χ4n) is 2.54. The van der Waals surface area contributed by atoms with Crippen LogP contribution in [-0.2, 0) is 11.3 Å². The average molecular weight is 357 g/mol. The number of amides is 1. The third-order valence-electron chi connectivity index (χ3n) is 3.88. The zero-order valence-electron chi connectivity index (χ0n) is 13.7. The highest BCUT2D eigenvalue weighted by atomic mass is 35.5. The molecule has 24 heavy (non-hydrogen) atoms. The summed E-state index contributed by atoms with van der Waals surface area (Å²) in [4.78, 5) is 13.9. The molecule has 0 spiro atoms. The lowest BCUT2D eigenvalue weighted by Gasteiger charge is -2.34. The van der Waals surface area contributed by atoms with Gasteiger partial charge in [-0.1, -0.05) is 31.2 Å². The number of benzene rings is 1. The van der Waals surface area contributed by atoms with E-state index in [0.29, 0.717) is 12.3 Å². The summed E-state index contributed by atoms with van der Waals surface area (Å²) in [6.07, 6.45) is 1.93. The van der Waals surface area contributed by atoms with Crippen molar-refractivity contribution in [1.29, 1.82) is 0 Å². The van der Waals surface area contributed by atoms with Crippen molar-refractivity contribution in [2.24, 2.45) is 0 Å². The van der Waals surface area contributed by atoms with Crippen molar-refractivity contribution in [1.82, 2.24) is 10.2 Å². The van der Waals surface area contributed by atoms with Gasteiger partial charge in [0.25, 0.3) is 0 Å². The van der Waals surface area contributed by atoms with Crippen LogP contribution in [0.5, 0.6) is 5.75 Å². The maximum absolute atomic E-state index is 14.2. The molecule has 2 rings (SSSR count). The van der Waals surface area contributed by atoms with Crippen LogP contribution in [-0.4, -0.2) is 43.3 Å². The highest BCUT2D eigenvalue weighted by molar-refractivity contribution is 6.31. The molecule has 1 saturated heterocycles. The zero-order valence-corrected chi connectivity index (χ0v) is 14.4. The van der Waals surface area contributed by atoms with Crippen molar-refractivity contribution < 1.29 is 18.7 Å². The number of halogens is 2. The van der Waals surface area contributed by atoms with Crippen LogP contribution in [0.25, 0.3) is 0 Å². The number of piperazine rings is 1. The Kier molecular flexibility index (Phi) is 6.87. The highest BCUT2D eigenvalue weighted by Crippen LogP contribution is 2.27. The molecule has 1 aromatic carbocycles. The summed E-state index contributed by atoms with van der Waals surface area (Å²) in [5, 5.41) is 3.40. The third-order valence-corrected chi connectivity index (χ3v) is 4.22. The molecule has 0 aromatic heterocycles. The summed E-state index contributed by atoms with van der Waals surface area (Å²) in [5.41, 5.74) is 0.138. The van der Waals surface area contributed by atoms with Gasteiger partial charge < -0.3 is 19.7 Å². The number of nitrogens with one attached hydrogen (secondary N) is 1.